The van der Waals surface area contributed by atoms with Gasteiger partial charge in [0.05, 0.1) is 10.9 Å². The van der Waals surface area contributed by atoms with Crippen LogP contribution in [0.1, 0.15) is 26.4 Å². The van der Waals surface area contributed by atoms with E-state index in [1.807, 2.05) is 31.2 Å². The molecule has 0 saturated carbocycles. The molecule has 1 amide bonds. The van der Waals surface area contributed by atoms with Gasteiger partial charge in [-0.2, -0.15) is 0 Å². The van der Waals surface area contributed by atoms with E-state index in [0.717, 1.165) is 10.4 Å². The number of aliphatic hydroxyl groups excluding tert-OH is 1. The van der Waals surface area contributed by atoms with Crippen molar-refractivity contribution in [3.63, 3.8) is 0 Å². The number of nitrogens with one attached hydrogen (secondary N) is 1. The Morgan fingerprint density at radius 3 is 2.86 bits per heavy atom. The summed E-state index contributed by atoms with van der Waals surface area (Å²) in [4.78, 5) is 13.2. The fraction of sp³-hybridized carbons (Fsp3) is 0.188. The van der Waals surface area contributed by atoms with E-state index in [-0.39, 0.29) is 12.5 Å². The third-order valence-corrected chi connectivity index (χ3v) is 4.08. The highest BCUT2D eigenvalue weighted by molar-refractivity contribution is 7.16. The molecule has 0 spiro atoms. The summed E-state index contributed by atoms with van der Waals surface area (Å²) in [6.07, 6.45) is 0. The number of amides is 1. The highest BCUT2D eigenvalue weighted by atomic mass is 35.5. The zero-order valence-electron chi connectivity index (χ0n) is 11.4. The van der Waals surface area contributed by atoms with Crippen molar-refractivity contribution in [2.45, 2.75) is 13.5 Å². The maximum absolute atomic E-state index is 12.2. The molecule has 0 radical (unpaired) electrons. The molecule has 108 valence electrons. The number of aryl methyl sites for hydroxylation is 1. The van der Waals surface area contributed by atoms with Gasteiger partial charge < -0.3 is 10.4 Å². The Balaban J connectivity index is 2.10. The molecule has 0 aliphatic carbocycles. The largest absolute Gasteiger partial charge is 0.384 e. The van der Waals surface area contributed by atoms with Crippen LogP contribution in [0.4, 0.5) is 0 Å². The number of carbonyl (C=O) groups excluding carboxylic acids is 1. The van der Waals surface area contributed by atoms with Crippen LogP contribution in [0.15, 0.2) is 30.3 Å². The highest BCUT2D eigenvalue weighted by Gasteiger charge is 2.10. The van der Waals surface area contributed by atoms with Crippen molar-refractivity contribution in [3.05, 3.63) is 56.2 Å². The Hall–Kier alpha value is -1.80. The average Bonchev–Trinajstić information content (AvgIpc) is 2.89. The molecule has 0 bridgehead atoms. The first-order chi connectivity index (χ1) is 10.1. The van der Waals surface area contributed by atoms with E-state index in [1.54, 1.807) is 6.07 Å². The second-order valence-corrected chi connectivity index (χ2v) is 6.18. The molecule has 0 aliphatic rings. The van der Waals surface area contributed by atoms with Crippen LogP contribution in [0, 0.1) is 18.8 Å². The first kappa shape index (κ1) is 15.6. The second-order valence-electron chi connectivity index (χ2n) is 4.38. The van der Waals surface area contributed by atoms with Gasteiger partial charge >= 0.3 is 0 Å². The van der Waals surface area contributed by atoms with Gasteiger partial charge in [-0.3, -0.25) is 4.79 Å². The Bertz CT molecular complexity index is 713. The van der Waals surface area contributed by atoms with Gasteiger partial charge in [-0.15, -0.1) is 11.3 Å². The standard InChI is InChI=1S/C16H14ClNO2S/c1-11-4-5-12(3-2-8-19)9-14(11)16(20)18-10-13-6-7-15(17)21-13/h4-7,9,19H,8,10H2,1H3,(H,18,20). The van der Waals surface area contributed by atoms with Gasteiger partial charge in [0.2, 0.25) is 0 Å². The molecule has 2 aromatic rings. The predicted molar refractivity (Wildman–Crippen MR) is 85.6 cm³/mol. The van der Waals surface area contributed by atoms with Gasteiger partial charge in [-0.25, -0.2) is 0 Å². The third-order valence-electron chi connectivity index (χ3n) is 2.85. The summed E-state index contributed by atoms with van der Waals surface area (Å²) < 4.78 is 0.705. The number of benzene rings is 1. The van der Waals surface area contributed by atoms with Crippen molar-refractivity contribution in [1.29, 1.82) is 0 Å². The van der Waals surface area contributed by atoms with Crippen LogP contribution in [0.2, 0.25) is 4.34 Å². The predicted octanol–water partition coefficient (Wildman–Crippen LogP) is 2.98. The number of rotatable bonds is 3. The molecule has 2 rings (SSSR count). The van der Waals surface area contributed by atoms with Crippen LogP contribution in [-0.2, 0) is 6.54 Å². The monoisotopic (exact) mass is 319 g/mol. The Kier molecular flexibility index (Phi) is 5.40. The molecule has 5 heteroatoms. The van der Waals surface area contributed by atoms with Crippen molar-refractivity contribution >= 4 is 28.8 Å². The van der Waals surface area contributed by atoms with Crippen molar-refractivity contribution in [2.24, 2.45) is 0 Å². The van der Waals surface area contributed by atoms with Crippen LogP contribution in [0.5, 0.6) is 0 Å². The van der Waals surface area contributed by atoms with Crippen LogP contribution < -0.4 is 5.32 Å². The molecule has 2 N–H and O–H groups in total. The van der Waals surface area contributed by atoms with E-state index in [0.29, 0.717) is 22.0 Å². The normalized spacial score (nSPS) is 9.86. The first-order valence-corrected chi connectivity index (χ1v) is 7.52. The number of aliphatic hydroxyl groups is 1. The number of hydrogen-bond acceptors (Lipinski definition) is 3. The van der Waals surface area contributed by atoms with Gasteiger partial charge in [-0.1, -0.05) is 29.5 Å². The Morgan fingerprint density at radius 1 is 1.38 bits per heavy atom. The SMILES string of the molecule is Cc1ccc(C#CCO)cc1C(=O)NCc1ccc(Cl)s1. The highest BCUT2D eigenvalue weighted by Crippen LogP contribution is 2.21. The summed E-state index contributed by atoms with van der Waals surface area (Å²) in [6.45, 7) is 2.12. The van der Waals surface area contributed by atoms with E-state index >= 15 is 0 Å². The van der Waals surface area contributed by atoms with Crippen LogP contribution >= 0.6 is 22.9 Å². The number of thiophene rings is 1. The molecule has 0 atom stereocenters. The second kappa shape index (κ2) is 7.28. The summed E-state index contributed by atoms with van der Waals surface area (Å²) >= 11 is 7.30. The van der Waals surface area contributed by atoms with Crippen LogP contribution in [0.25, 0.3) is 0 Å². The molecule has 0 saturated heterocycles. The Labute approximate surface area is 132 Å². The Morgan fingerprint density at radius 2 is 2.19 bits per heavy atom. The van der Waals surface area contributed by atoms with Crippen molar-refractivity contribution in [1.82, 2.24) is 5.32 Å². The summed E-state index contributed by atoms with van der Waals surface area (Å²) in [5.74, 6) is 5.22. The number of carbonyl (C=O) groups is 1. The molecular formula is C16H14ClNO2S. The van der Waals surface area contributed by atoms with Gasteiger partial charge in [0.1, 0.15) is 6.61 Å². The minimum absolute atomic E-state index is 0.148. The lowest BCUT2D eigenvalue weighted by Crippen LogP contribution is -2.23. The van der Waals surface area contributed by atoms with Crippen molar-refractivity contribution in [2.75, 3.05) is 6.61 Å². The first-order valence-electron chi connectivity index (χ1n) is 6.33. The smallest absolute Gasteiger partial charge is 0.251 e. The quantitative estimate of drug-likeness (QED) is 0.855. The van der Waals surface area contributed by atoms with Gasteiger partial charge in [0.15, 0.2) is 0 Å². The molecule has 3 nitrogen and oxygen atoms in total. The van der Waals surface area contributed by atoms with Gasteiger partial charge in [0, 0.05) is 16.0 Å². The number of halogens is 1. The number of hydrogen-bond donors (Lipinski definition) is 2. The lowest BCUT2D eigenvalue weighted by atomic mass is 10.0. The molecule has 0 unspecified atom stereocenters. The molecule has 1 aromatic heterocycles. The van der Waals surface area contributed by atoms with E-state index in [1.165, 1.54) is 11.3 Å². The minimum atomic E-state index is -0.200. The van der Waals surface area contributed by atoms with Crippen LogP contribution in [0.3, 0.4) is 0 Å². The summed E-state index contributed by atoms with van der Waals surface area (Å²) in [5, 5.41) is 11.6. The van der Waals surface area contributed by atoms with E-state index in [4.69, 9.17) is 16.7 Å². The fourth-order valence-corrected chi connectivity index (χ4v) is 2.82. The molecule has 1 heterocycles. The molecule has 1 aromatic carbocycles. The summed E-state index contributed by atoms with van der Waals surface area (Å²) in [5.41, 5.74) is 2.17. The fourth-order valence-electron chi connectivity index (χ4n) is 1.80. The van der Waals surface area contributed by atoms with Crippen molar-refractivity contribution < 1.29 is 9.90 Å². The minimum Gasteiger partial charge on any atom is -0.384 e. The summed E-state index contributed by atoms with van der Waals surface area (Å²) in [7, 11) is 0. The molecule has 0 fully saturated rings. The van der Waals surface area contributed by atoms with E-state index in [9.17, 15) is 4.79 Å². The maximum Gasteiger partial charge on any atom is 0.251 e. The maximum atomic E-state index is 12.2. The van der Waals surface area contributed by atoms with E-state index < -0.39 is 0 Å². The van der Waals surface area contributed by atoms with Crippen molar-refractivity contribution in [3.8, 4) is 11.8 Å². The molecule has 21 heavy (non-hydrogen) atoms. The lowest BCUT2D eigenvalue weighted by molar-refractivity contribution is 0.0950. The van der Waals surface area contributed by atoms with Crippen LogP contribution in [-0.4, -0.2) is 17.6 Å². The summed E-state index contributed by atoms with van der Waals surface area (Å²) in [6, 6.07) is 9.11. The molecular weight excluding hydrogens is 306 g/mol. The lowest BCUT2D eigenvalue weighted by Gasteiger charge is -2.07. The average molecular weight is 320 g/mol. The third kappa shape index (κ3) is 4.33. The van der Waals surface area contributed by atoms with E-state index in [2.05, 4.69) is 17.2 Å². The van der Waals surface area contributed by atoms with Gasteiger partial charge in [0.25, 0.3) is 5.91 Å². The topological polar surface area (TPSA) is 49.3 Å². The zero-order chi connectivity index (χ0) is 15.2. The molecule has 0 aliphatic heterocycles. The zero-order valence-corrected chi connectivity index (χ0v) is 13.0. The van der Waals surface area contributed by atoms with Gasteiger partial charge in [-0.05, 0) is 36.8 Å².